The average molecular weight is 632 g/mol. The van der Waals surface area contributed by atoms with Gasteiger partial charge in [0.25, 0.3) is 0 Å². The van der Waals surface area contributed by atoms with E-state index in [-0.39, 0.29) is 0 Å². The monoisotopic (exact) mass is 631 g/mol. The number of hydrogen-bond donors (Lipinski definition) is 0. The lowest BCUT2D eigenvalue weighted by Gasteiger charge is -2.17. The van der Waals surface area contributed by atoms with Crippen molar-refractivity contribution in [3.63, 3.8) is 0 Å². The molecule has 234 valence electrons. The molecule has 0 saturated heterocycles. The molecule has 4 heteroatoms. The van der Waals surface area contributed by atoms with Gasteiger partial charge in [-0.15, -0.1) is 10.2 Å². The zero-order valence-electron chi connectivity index (χ0n) is 27.1. The molecule has 0 amide bonds. The van der Waals surface area contributed by atoms with Crippen LogP contribution in [0.2, 0.25) is 0 Å². The Morgan fingerprint density at radius 1 is 0.592 bits per heavy atom. The van der Waals surface area contributed by atoms with Crippen LogP contribution in [0, 0.1) is 0 Å². The average Bonchev–Trinajstić information content (AvgIpc) is 3.80. The minimum Gasteiger partial charge on any atom is -0.416 e. The number of rotatable bonds is 8. The molecule has 8 aromatic rings. The van der Waals surface area contributed by atoms with E-state index in [1.807, 2.05) is 55.5 Å². The van der Waals surface area contributed by atoms with Gasteiger partial charge in [0, 0.05) is 27.6 Å². The first kappa shape index (κ1) is 29.9. The minimum absolute atomic E-state index is 0.490. The van der Waals surface area contributed by atoms with E-state index in [0.29, 0.717) is 11.8 Å². The van der Waals surface area contributed by atoms with Crippen molar-refractivity contribution < 1.29 is 4.42 Å². The molecule has 0 aliphatic rings. The van der Waals surface area contributed by atoms with Gasteiger partial charge in [0.15, 0.2) is 0 Å². The van der Waals surface area contributed by atoms with E-state index in [9.17, 15) is 0 Å². The van der Waals surface area contributed by atoms with E-state index >= 15 is 0 Å². The Balaban J connectivity index is 1.12. The molecule has 0 saturated carbocycles. The number of para-hydroxylation sites is 2. The van der Waals surface area contributed by atoms with Gasteiger partial charge in [-0.3, -0.25) is 0 Å². The van der Waals surface area contributed by atoms with Crippen molar-refractivity contribution in [3.05, 3.63) is 188 Å². The number of fused-ring (bicyclic) bond motifs is 3. The molecule has 0 radical (unpaired) electrons. The Morgan fingerprint density at radius 3 is 1.80 bits per heavy atom. The van der Waals surface area contributed by atoms with Gasteiger partial charge in [0.2, 0.25) is 11.8 Å². The van der Waals surface area contributed by atoms with Gasteiger partial charge in [-0.1, -0.05) is 128 Å². The number of nitrogens with zero attached hydrogens (tertiary/aromatic N) is 3. The highest BCUT2D eigenvalue weighted by molar-refractivity contribution is 6.10. The smallest absolute Gasteiger partial charge is 0.248 e. The first-order valence-electron chi connectivity index (χ1n) is 16.4. The lowest BCUT2D eigenvalue weighted by molar-refractivity contribution is 0.584. The van der Waals surface area contributed by atoms with Crippen molar-refractivity contribution in [1.82, 2.24) is 14.8 Å². The van der Waals surface area contributed by atoms with Crippen LogP contribution in [-0.2, 0) is 0 Å². The molecule has 0 atom stereocenters. The Bertz CT molecular complexity index is 2440. The normalized spacial score (nSPS) is 11.9. The van der Waals surface area contributed by atoms with Crippen LogP contribution in [0.5, 0.6) is 0 Å². The van der Waals surface area contributed by atoms with Crippen LogP contribution in [0.25, 0.3) is 72.7 Å². The van der Waals surface area contributed by atoms with Gasteiger partial charge in [-0.05, 0) is 88.9 Å². The molecule has 6 aromatic carbocycles. The van der Waals surface area contributed by atoms with Crippen LogP contribution >= 0.6 is 0 Å². The van der Waals surface area contributed by atoms with E-state index in [1.165, 1.54) is 21.8 Å². The molecule has 49 heavy (non-hydrogen) atoms. The summed E-state index contributed by atoms with van der Waals surface area (Å²) in [6.45, 7) is 6.68. The Hall–Kier alpha value is -6.52. The van der Waals surface area contributed by atoms with Crippen molar-refractivity contribution in [2.45, 2.75) is 6.92 Å². The number of benzene rings is 6. The summed E-state index contributed by atoms with van der Waals surface area (Å²) in [7, 11) is 0. The Kier molecular flexibility index (Phi) is 7.88. The topological polar surface area (TPSA) is 43.9 Å². The molecule has 0 fully saturated rings. The number of aromatic nitrogens is 3. The van der Waals surface area contributed by atoms with Gasteiger partial charge < -0.3 is 8.98 Å². The maximum Gasteiger partial charge on any atom is 0.248 e. The quantitative estimate of drug-likeness (QED) is 0.157. The van der Waals surface area contributed by atoms with Gasteiger partial charge in [0.05, 0.1) is 11.0 Å². The first-order valence-corrected chi connectivity index (χ1v) is 16.4. The van der Waals surface area contributed by atoms with Crippen LogP contribution in [0.15, 0.2) is 181 Å². The fraction of sp³-hybridized carbons (Fsp3) is 0.0222. The van der Waals surface area contributed by atoms with Gasteiger partial charge in [-0.2, -0.15) is 0 Å². The third-order valence-corrected chi connectivity index (χ3v) is 8.94. The zero-order valence-corrected chi connectivity index (χ0v) is 27.1. The molecule has 0 spiro atoms. The van der Waals surface area contributed by atoms with Crippen LogP contribution in [0.3, 0.4) is 0 Å². The molecular formula is C45H33N3O. The highest BCUT2D eigenvalue weighted by atomic mass is 16.4. The largest absolute Gasteiger partial charge is 0.416 e. The second kappa shape index (κ2) is 12.9. The Morgan fingerprint density at radius 2 is 1.14 bits per heavy atom. The molecule has 4 nitrogen and oxygen atoms in total. The van der Waals surface area contributed by atoms with E-state index in [1.54, 1.807) is 0 Å². The van der Waals surface area contributed by atoms with Crippen molar-refractivity contribution in [1.29, 1.82) is 0 Å². The molecule has 0 N–H and O–H groups in total. The van der Waals surface area contributed by atoms with Crippen molar-refractivity contribution >= 4 is 33.0 Å². The maximum absolute atomic E-state index is 6.00. The summed E-state index contributed by atoms with van der Waals surface area (Å²) in [6.07, 6.45) is 6.27. The van der Waals surface area contributed by atoms with E-state index in [0.717, 1.165) is 50.2 Å². The molecule has 0 unspecified atom stereocenters. The minimum atomic E-state index is 0.490. The third-order valence-electron chi connectivity index (χ3n) is 8.94. The summed E-state index contributed by atoms with van der Waals surface area (Å²) in [4.78, 5) is 0. The summed E-state index contributed by atoms with van der Waals surface area (Å²) in [5.41, 5.74) is 11.6. The second-order valence-electron chi connectivity index (χ2n) is 11.9. The zero-order chi connectivity index (χ0) is 33.2. The van der Waals surface area contributed by atoms with Crippen molar-refractivity contribution in [3.8, 4) is 39.7 Å². The number of allylic oxidation sites excluding steroid dienone is 5. The van der Waals surface area contributed by atoms with Crippen LogP contribution in [0.4, 0.5) is 0 Å². The van der Waals surface area contributed by atoms with Crippen molar-refractivity contribution in [2.75, 3.05) is 0 Å². The van der Waals surface area contributed by atoms with Crippen LogP contribution in [0.1, 0.15) is 18.1 Å². The summed E-state index contributed by atoms with van der Waals surface area (Å²) >= 11 is 0. The SMILES string of the molecule is C=C(/C(=C\C=C/C)c1ccc(-n2c3ccccc3c3ccccc32)cc1)c1ccccc1-c1ccc(-c2nnc(-c3ccccc3)o2)cc1. The molecule has 2 aromatic heterocycles. The molecule has 0 aliphatic heterocycles. The fourth-order valence-electron chi connectivity index (χ4n) is 6.53. The lowest BCUT2D eigenvalue weighted by atomic mass is 9.88. The molecular weight excluding hydrogens is 599 g/mol. The third kappa shape index (κ3) is 5.60. The standard InChI is InChI=1S/C45H33N3O/c1-3-4-16-37(32-27-29-36(30-28-32)48-42-21-12-10-19-40(42)41-20-11-13-22-43(41)48)31(2)38-17-8-9-18-39(38)33-23-25-35(26-24-33)45-47-46-44(49-45)34-14-6-5-7-15-34/h3-30H,2H2,1H3/b4-3-,37-16+. The van der Waals surface area contributed by atoms with E-state index in [4.69, 9.17) is 4.42 Å². The van der Waals surface area contributed by atoms with E-state index < -0.39 is 0 Å². The summed E-state index contributed by atoms with van der Waals surface area (Å²) in [5.74, 6) is 0.994. The fourth-order valence-corrected chi connectivity index (χ4v) is 6.53. The van der Waals surface area contributed by atoms with Crippen molar-refractivity contribution in [2.24, 2.45) is 0 Å². The van der Waals surface area contributed by atoms with Crippen LogP contribution in [-0.4, -0.2) is 14.8 Å². The highest BCUT2D eigenvalue weighted by Crippen LogP contribution is 2.38. The predicted octanol–water partition coefficient (Wildman–Crippen LogP) is 11.8. The lowest BCUT2D eigenvalue weighted by Crippen LogP contribution is -1.96. The molecule has 8 rings (SSSR count). The predicted molar refractivity (Wildman–Crippen MR) is 203 cm³/mol. The van der Waals surface area contributed by atoms with E-state index in [2.05, 4.69) is 143 Å². The van der Waals surface area contributed by atoms with Gasteiger partial charge in [-0.25, -0.2) is 0 Å². The maximum atomic E-state index is 6.00. The first-order chi connectivity index (χ1) is 24.2. The molecule has 0 bridgehead atoms. The number of hydrogen-bond acceptors (Lipinski definition) is 3. The second-order valence-corrected chi connectivity index (χ2v) is 11.9. The summed E-state index contributed by atoms with van der Waals surface area (Å²) in [5, 5.41) is 11.1. The molecule has 2 heterocycles. The van der Waals surface area contributed by atoms with Gasteiger partial charge in [0.1, 0.15) is 0 Å². The summed E-state index contributed by atoms with van der Waals surface area (Å²) in [6, 6.07) is 52.5. The summed E-state index contributed by atoms with van der Waals surface area (Å²) < 4.78 is 8.35. The Labute approximate surface area is 285 Å². The van der Waals surface area contributed by atoms with Gasteiger partial charge >= 0.3 is 0 Å². The molecule has 0 aliphatic carbocycles. The van der Waals surface area contributed by atoms with Crippen LogP contribution < -0.4 is 0 Å². The highest BCUT2D eigenvalue weighted by Gasteiger charge is 2.16.